The highest BCUT2D eigenvalue weighted by molar-refractivity contribution is 5.93. The van der Waals surface area contributed by atoms with Crippen molar-refractivity contribution in [1.29, 1.82) is 0 Å². The molecule has 0 aromatic heterocycles. The lowest BCUT2D eigenvalue weighted by Gasteiger charge is -2.43. The predicted octanol–water partition coefficient (Wildman–Crippen LogP) is -0.963. The highest BCUT2D eigenvalue weighted by atomic mass is 16.8. The molecule has 1 saturated heterocycles. The molecule has 1 aromatic carbocycles. The Balaban J connectivity index is 1.55. The number of phenols is 2. The van der Waals surface area contributed by atoms with Gasteiger partial charge in [0.2, 0.25) is 6.29 Å². The van der Waals surface area contributed by atoms with Gasteiger partial charge in [-0.2, -0.15) is 0 Å². The summed E-state index contributed by atoms with van der Waals surface area (Å²) in [5.41, 5.74) is -0.351. The van der Waals surface area contributed by atoms with E-state index in [2.05, 4.69) is 0 Å². The molecule has 0 spiro atoms. The molecule has 0 radical (unpaired) electrons. The van der Waals surface area contributed by atoms with Crippen LogP contribution in [0.1, 0.15) is 23.7 Å². The zero-order chi connectivity index (χ0) is 26.3. The molecular formula is C23H28O13. The van der Waals surface area contributed by atoms with Gasteiger partial charge in [0.15, 0.2) is 17.8 Å². The van der Waals surface area contributed by atoms with Crippen LogP contribution in [0.25, 0.3) is 0 Å². The van der Waals surface area contributed by atoms with Gasteiger partial charge in [-0.05, 0) is 18.6 Å². The van der Waals surface area contributed by atoms with Gasteiger partial charge in [0.05, 0.1) is 18.4 Å². The van der Waals surface area contributed by atoms with E-state index in [4.69, 9.17) is 18.9 Å². The van der Waals surface area contributed by atoms with E-state index in [-0.39, 0.29) is 17.6 Å². The molecule has 1 saturated carbocycles. The maximum absolute atomic E-state index is 12.7. The number of carboxylic acid groups (broad SMARTS) is 1. The molecule has 0 amide bonds. The summed E-state index contributed by atoms with van der Waals surface area (Å²) in [6, 6.07) is 3.81. The van der Waals surface area contributed by atoms with Crippen molar-refractivity contribution in [3.63, 3.8) is 0 Å². The normalized spacial score (nSPS) is 38.0. The number of carboxylic acids is 1. The van der Waals surface area contributed by atoms with Crippen LogP contribution in [0, 0.1) is 17.8 Å². The summed E-state index contributed by atoms with van der Waals surface area (Å²) < 4.78 is 22.2. The fourth-order valence-electron chi connectivity index (χ4n) is 5.02. The molecule has 13 heteroatoms. The SMILES string of the molecule is C[C@H]1[C@@H]2[C@@H](O[C@H]3O[C@@H](CO)[C@H](O)[C@@H](O)[C@@H]3O)OC=C(C(=O)O)[C@@H]2C[C@H]1OC(=O)c1cccc(O)c1O. The first-order valence-corrected chi connectivity index (χ1v) is 11.3. The number of fused-ring (bicyclic) bond motifs is 1. The monoisotopic (exact) mass is 512 g/mol. The molecule has 1 aromatic rings. The summed E-state index contributed by atoms with van der Waals surface area (Å²) in [6.45, 7) is 1.02. The van der Waals surface area contributed by atoms with Crippen molar-refractivity contribution in [2.75, 3.05) is 6.61 Å². The third-order valence-corrected chi connectivity index (χ3v) is 7.04. The lowest BCUT2D eigenvalue weighted by molar-refractivity contribution is -0.342. The Morgan fingerprint density at radius 2 is 1.81 bits per heavy atom. The smallest absolute Gasteiger partial charge is 0.342 e. The van der Waals surface area contributed by atoms with E-state index in [0.29, 0.717) is 0 Å². The molecule has 13 nitrogen and oxygen atoms in total. The van der Waals surface area contributed by atoms with Crippen molar-refractivity contribution in [1.82, 2.24) is 0 Å². The highest BCUT2D eigenvalue weighted by Gasteiger charge is 2.54. The van der Waals surface area contributed by atoms with Crippen molar-refractivity contribution < 1.29 is 64.3 Å². The van der Waals surface area contributed by atoms with Gasteiger partial charge in [0.1, 0.15) is 36.1 Å². The Morgan fingerprint density at radius 1 is 1.08 bits per heavy atom. The van der Waals surface area contributed by atoms with Gasteiger partial charge >= 0.3 is 11.9 Å². The first-order valence-electron chi connectivity index (χ1n) is 11.3. The van der Waals surface area contributed by atoms with E-state index in [1.807, 2.05) is 0 Å². The Bertz CT molecular complexity index is 1020. The molecule has 2 fully saturated rings. The van der Waals surface area contributed by atoms with Gasteiger partial charge in [0.25, 0.3) is 0 Å². The molecule has 1 aliphatic carbocycles. The molecule has 36 heavy (non-hydrogen) atoms. The summed E-state index contributed by atoms with van der Waals surface area (Å²) in [4.78, 5) is 24.5. The molecule has 10 atom stereocenters. The van der Waals surface area contributed by atoms with Crippen LogP contribution in [0.5, 0.6) is 11.5 Å². The molecule has 7 N–H and O–H groups in total. The van der Waals surface area contributed by atoms with Crippen LogP contribution in [0.3, 0.4) is 0 Å². The summed E-state index contributed by atoms with van der Waals surface area (Å²) in [5, 5.41) is 69.1. The number of esters is 1. The van der Waals surface area contributed by atoms with Crippen molar-refractivity contribution in [3.05, 3.63) is 35.6 Å². The zero-order valence-electron chi connectivity index (χ0n) is 19.1. The van der Waals surface area contributed by atoms with Gasteiger partial charge in [-0.25, -0.2) is 9.59 Å². The van der Waals surface area contributed by atoms with Crippen molar-refractivity contribution in [3.8, 4) is 11.5 Å². The third kappa shape index (κ3) is 4.61. The molecule has 198 valence electrons. The lowest BCUT2D eigenvalue weighted by Crippen LogP contribution is -2.60. The minimum absolute atomic E-state index is 0.0766. The average Bonchev–Trinajstić information content (AvgIpc) is 3.17. The topological polar surface area (TPSA) is 213 Å². The Labute approximate surface area is 204 Å². The van der Waals surface area contributed by atoms with E-state index in [9.17, 15) is 45.3 Å². The highest BCUT2D eigenvalue weighted by Crippen LogP contribution is 2.49. The zero-order valence-corrected chi connectivity index (χ0v) is 19.1. The number of ether oxygens (including phenoxy) is 4. The first-order chi connectivity index (χ1) is 17.0. The van der Waals surface area contributed by atoms with Crippen LogP contribution in [-0.4, -0.2) is 97.4 Å². The van der Waals surface area contributed by atoms with Crippen molar-refractivity contribution >= 4 is 11.9 Å². The van der Waals surface area contributed by atoms with Crippen molar-refractivity contribution in [2.24, 2.45) is 17.8 Å². The van der Waals surface area contributed by atoms with E-state index in [0.717, 1.165) is 6.26 Å². The average molecular weight is 512 g/mol. The van der Waals surface area contributed by atoms with Crippen LogP contribution in [-0.2, 0) is 23.7 Å². The van der Waals surface area contributed by atoms with Gasteiger partial charge in [-0.3, -0.25) is 0 Å². The second-order valence-electron chi connectivity index (χ2n) is 9.11. The minimum atomic E-state index is -1.70. The van der Waals surface area contributed by atoms with E-state index in [1.54, 1.807) is 6.92 Å². The summed E-state index contributed by atoms with van der Waals surface area (Å²) in [5.74, 6) is -5.27. The maximum atomic E-state index is 12.7. The van der Waals surface area contributed by atoms with Crippen LogP contribution in [0.2, 0.25) is 0 Å². The van der Waals surface area contributed by atoms with Crippen LogP contribution < -0.4 is 0 Å². The van der Waals surface area contributed by atoms with Crippen LogP contribution in [0.15, 0.2) is 30.0 Å². The summed E-state index contributed by atoms with van der Waals surface area (Å²) >= 11 is 0. The lowest BCUT2D eigenvalue weighted by atomic mass is 9.83. The Kier molecular flexibility index (Phi) is 7.41. The largest absolute Gasteiger partial charge is 0.504 e. The molecule has 4 rings (SSSR count). The number of hydrogen-bond acceptors (Lipinski definition) is 12. The predicted molar refractivity (Wildman–Crippen MR) is 115 cm³/mol. The molecule has 0 unspecified atom stereocenters. The van der Waals surface area contributed by atoms with Crippen LogP contribution in [0.4, 0.5) is 0 Å². The number of para-hydroxylation sites is 1. The molecule has 3 aliphatic rings. The van der Waals surface area contributed by atoms with E-state index >= 15 is 0 Å². The third-order valence-electron chi connectivity index (χ3n) is 7.04. The quantitative estimate of drug-likeness (QED) is 0.181. The number of benzene rings is 1. The summed E-state index contributed by atoms with van der Waals surface area (Å²) in [6.07, 6.45) is -8.68. The fraction of sp³-hybridized carbons (Fsp3) is 0.565. The van der Waals surface area contributed by atoms with E-state index < -0.39 is 90.9 Å². The standard InChI is InChI=1S/C23H28O13/c1-8-13(34-21(32)9-3-2-4-12(25)16(9)26)5-10-11(20(30)31)7-33-22(15(8)10)36-23-19(29)18(28)17(27)14(6-24)35-23/h2-4,7-8,10,13-15,17-19,22-29H,5-6H2,1H3,(H,30,31)/t8-,10+,13-,14+,15+,17+,18-,19+,22-,23-/m1/s1. The number of hydrogen-bond donors (Lipinski definition) is 7. The Morgan fingerprint density at radius 3 is 2.47 bits per heavy atom. The molecule has 0 bridgehead atoms. The molecule has 2 aliphatic heterocycles. The van der Waals surface area contributed by atoms with Crippen LogP contribution >= 0.6 is 0 Å². The second-order valence-corrected chi connectivity index (χ2v) is 9.11. The van der Waals surface area contributed by atoms with Gasteiger partial charge in [0, 0.05) is 17.8 Å². The number of phenolic OH excluding ortho intramolecular Hbond substituents is 2. The fourth-order valence-corrected chi connectivity index (χ4v) is 5.02. The number of carbonyl (C=O) groups excluding carboxylic acids is 1. The van der Waals surface area contributed by atoms with Gasteiger partial charge < -0.3 is 54.7 Å². The number of aromatic hydroxyl groups is 2. The Hall–Kier alpha value is -2.94. The second kappa shape index (κ2) is 10.2. The van der Waals surface area contributed by atoms with Gasteiger partial charge in [-0.1, -0.05) is 13.0 Å². The number of carbonyl (C=O) groups is 2. The number of aliphatic hydroxyl groups is 4. The molecule has 2 heterocycles. The number of aliphatic hydroxyl groups excluding tert-OH is 4. The maximum Gasteiger partial charge on any atom is 0.342 e. The molecular weight excluding hydrogens is 484 g/mol. The van der Waals surface area contributed by atoms with Crippen molar-refractivity contribution in [2.45, 2.75) is 56.4 Å². The number of rotatable bonds is 6. The minimum Gasteiger partial charge on any atom is -0.504 e. The first kappa shape index (κ1) is 26.1. The summed E-state index contributed by atoms with van der Waals surface area (Å²) in [7, 11) is 0. The van der Waals surface area contributed by atoms with E-state index in [1.165, 1.54) is 18.2 Å². The number of aliphatic carboxylic acids is 1. The van der Waals surface area contributed by atoms with Gasteiger partial charge in [-0.15, -0.1) is 0 Å².